The molecule has 1 aromatic carbocycles. The number of hydrogen-bond acceptors (Lipinski definition) is 2. The van der Waals surface area contributed by atoms with Gasteiger partial charge in [0.25, 0.3) is 0 Å². The molecule has 0 bridgehead atoms. The van der Waals surface area contributed by atoms with Crippen LogP contribution in [0.4, 0.5) is 13.2 Å². The second-order valence-corrected chi connectivity index (χ2v) is 5.86. The van der Waals surface area contributed by atoms with Crippen LogP contribution in [-0.4, -0.2) is 48.7 Å². The first-order valence-electron chi connectivity index (χ1n) is 7.47. The van der Waals surface area contributed by atoms with Gasteiger partial charge < -0.3 is 4.90 Å². The van der Waals surface area contributed by atoms with Crippen molar-refractivity contribution in [3.05, 3.63) is 35.9 Å². The van der Waals surface area contributed by atoms with E-state index < -0.39 is 12.6 Å². The van der Waals surface area contributed by atoms with Crippen molar-refractivity contribution in [3.8, 4) is 0 Å². The molecule has 0 aliphatic carbocycles. The predicted molar refractivity (Wildman–Crippen MR) is 78.0 cm³/mol. The highest BCUT2D eigenvalue weighted by Crippen LogP contribution is 2.24. The molecule has 1 fully saturated rings. The average molecular weight is 300 g/mol. The van der Waals surface area contributed by atoms with E-state index in [1.807, 2.05) is 35.2 Å². The fourth-order valence-electron chi connectivity index (χ4n) is 2.84. The Kier molecular flexibility index (Phi) is 5.65. The standard InChI is InChI=1S/C16H23F3N2/c1-20-10-7-15(8-11-20)21(12-9-16(17,18)19)13-14-5-3-2-4-6-14/h2-6,15H,7-13H2,1H3. The van der Waals surface area contributed by atoms with E-state index in [1.54, 1.807) is 0 Å². The smallest absolute Gasteiger partial charge is 0.306 e. The molecule has 1 saturated heterocycles. The molecular formula is C16H23F3N2. The highest BCUT2D eigenvalue weighted by atomic mass is 19.4. The maximum absolute atomic E-state index is 12.5. The molecule has 0 aromatic heterocycles. The van der Waals surface area contributed by atoms with E-state index >= 15 is 0 Å². The van der Waals surface area contributed by atoms with Crippen molar-refractivity contribution in [3.63, 3.8) is 0 Å². The van der Waals surface area contributed by atoms with Crippen LogP contribution in [0.3, 0.4) is 0 Å². The third kappa shape index (κ3) is 5.67. The Morgan fingerprint density at radius 1 is 1.14 bits per heavy atom. The van der Waals surface area contributed by atoms with Gasteiger partial charge in [-0.3, -0.25) is 4.90 Å². The van der Waals surface area contributed by atoms with Crippen LogP contribution in [0.2, 0.25) is 0 Å². The molecule has 5 heteroatoms. The molecule has 0 amide bonds. The molecule has 1 aliphatic rings. The third-order valence-corrected chi connectivity index (χ3v) is 4.12. The van der Waals surface area contributed by atoms with Gasteiger partial charge in [0.1, 0.15) is 0 Å². The van der Waals surface area contributed by atoms with Crippen molar-refractivity contribution in [1.29, 1.82) is 0 Å². The minimum absolute atomic E-state index is 0.0901. The van der Waals surface area contributed by atoms with Crippen molar-refractivity contribution >= 4 is 0 Å². The molecule has 0 atom stereocenters. The monoisotopic (exact) mass is 300 g/mol. The third-order valence-electron chi connectivity index (χ3n) is 4.12. The van der Waals surface area contributed by atoms with Crippen molar-refractivity contribution < 1.29 is 13.2 Å². The second kappa shape index (κ2) is 7.27. The van der Waals surface area contributed by atoms with Crippen LogP contribution in [0.1, 0.15) is 24.8 Å². The van der Waals surface area contributed by atoms with Crippen LogP contribution in [-0.2, 0) is 6.54 Å². The van der Waals surface area contributed by atoms with Gasteiger partial charge in [-0.15, -0.1) is 0 Å². The predicted octanol–water partition coefficient (Wildman–Crippen LogP) is 3.54. The van der Waals surface area contributed by atoms with Crippen LogP contribution < -0.4 is 0 Å². The summed E-state index contributed by atoms with van der Waals surface area (Å²) in [5.74, 6) is 0. The normalized spacial score (nSPS) is 18.3. The minimum Gasteiger partial charge on any atom is -0.306 e. The number of hydrogen-bond donors (Lipinski definition) is 0. The summed E-state index contributed by atoms with van der Waals surface area (Å²) in [6.07, 6.45) is -2.92. The van der Waals surface area contributed by atoms with Gasteiger partial charge in [0.2, 0.25) is 0 Å². The van der Waals surface area contributed by atoms with Crippen LogP contribution >= 0.6 is 0 Å². The summed E-state index contributed by atoms with van der Waals surface area (Å²) >= 11 is 0. The number of likely N-dealkylation sites (tertiary alicyclic amines) is 1. The van der Waals surface area contributed by atoms with Crippen LogP contribution in [0.5, 0.6) is 0 Å². The Morgan fingerprint density at radius 2 is 1.76 bits per heavy atom. The molecular weight excluding hydrogens is 277 g/mol. The minimum atomic E-state index is -4.08. The van der Waals surface area contributed by atoms with Crippen LogP contribution in [0, 0.1) is 0 Å². The molecule has 0 spiro atoms. The van der Waals surface area contributed by atoms with Gasteiger partial charge in [0.05, 0.1) is 6.42 Å². The summed E-state index contributed by atoms with van der Waals surface area (Å²) in [5, 5.41) is 0. The van der Waals surface area contributed by atoms with E-state index in [0.29, 0.717) is 6.54 Å². The van der Waals surface area contributed by atoms with Crippen molar-refractivity contribution in [2.45, 2.75) is 38.0 Å². The van der Waals surface area contributed by atoms with E-state index in [-0.39, 0.29) is 12.6 Å². The maximum atomic E-state index is 12.5. The van der Waals surface area contributed by atoms with Crippen molar-refractivity contribution in [1.82, 2.24) is 9.80 Å². The number of alkyl halides is 3. The summed E-state index contributed by atoms with van der Waals surface area (Å²) in [6, 6.07) is 10.0. The highest BCUT2D eigenvalue weighted by Gasteiger charge is 2.30. The fourth-order valence-corrected chi connectivity index (χ4v) is 2.84. The summed E-state index contributed by atoms with van der Waals surface area (Å²) in [6.45, 7) is 2.61. The summed E-state index contributed by atoms with van der Waals surface area (Å²) in [4.78, 5) is 4.25. The molecule has 2 nitrogen and oxygen atoms in total. The first-order valence-corrected chi connectivity index (χ1v) is 7.47. The number of halogens is 3. The topological polar surface area (TPSA) is 6.48 Å². The van der Waals surface area contributed by atoms with Gasteiger partial charge in [-0.2, -0.15) is 13.2 Å². The van der Waals surface area contributed by atoms with Crippen LogP contribution in [0.25, 0.3) is 0 Å². The molecule has 0 N–H and O–H groups in total. The van der Waals surface area contributed by atoms with Gasteiger partial charge in [0.15, 0.2) is 0 Å². The zero-order valence-corrected chi connectivity index (χ0v) is 12.4. The quantitative estimate of drug-likeness (QED) is 0.821. The van der Waals surface area contributed by atoms with Gasteiger partial charge in [0, 0.05) is 19.1 Å². The molecule has 0 saturated carbocycles. The molecule has 118 valence electrons. The van der Waals surface area contributed by atoms with Gasteiger partial charge in [-0.05, 0) is 38.5 Å². The maximum Gasteiger partial charge on any atom is 0.390 e. The Labute approximate surface area is 124 Å². The van der Waals surface area contributed by atoms with E-state index in [0.717, 1.165) is 31.5 Å². The Bertz CT molecular complexity index is 411. The number of piperidine rings is 1. The fraction of sp³-hybridized carbons (Fsp3) is 0.625. The Morgan fingerprint density at radius 3 is 2.33 bits per heavy atom. The van der Waals surface area contributed by atoms with E-state index in [4.69, 9.17) is 0 Å². The largest absolute Gasteiger partial charge is 0.390 e. The molecule has 2 rings (SSSR count). The van der Waals surface area contributed by atoms with Crippen LogP contribution in [0.15, 0.2) is 30.3 Å². The molecule has 21 heavy (non-hydrogen) atoms. The zero-order chi connectivity index (χ0) is 15.3. The Hall–Kier alpha value is -1.07. The van der Waals surface area contributed by atoms with Crippen molar-refractivity contribution in [2.75, 3.05) is 26.7 Å². The lowest BCUT2D eigenvalue weighted by Crippen LogP contribution is -2.44. The van der Waals surface area contributed by atoms with Crippen molar-refractivity contribution in [2.24, 2.45) is 0 Å². The van der Waals surface area contributed by atoms with E-state index in [2.05, 4.69) is 11.9 Å². The zero-order valence-electron chi connectivity index (χ0n) is 12.4. The summed E-state index contributed by atoms with van der Waals surface area (Å²) < 4.78 is 37.6. The lowest BCUT2D eigenvalue weighted by atomic mass is 10.0. The summed E-state index contributed by atoms with van der Waals surface area (Å²) in [7, 11) is 2.06. The Balaban J connectivity index is 1.99. The van der Waals surface area contributed by atoms with E-state index in [1.165, 1.54) is 0 Å². The lowest BCUT2D eigenvalue weighted by molar-refractivity contribution is -0.140. The summed E-state index contributed by atoms with van der Waals surface area (Å²) in [5.41, 5.74) is 1.08. The number of benzene rings is 1. The first-order chi connectivity index (χ1) is 9.94. The highest BCUT2D eigenvalue weighted by molar-refractivity contribution is 5.14. The molecule has 0 unspecified atom stereocenters. The number of rotatable bonds is 5. The van der Waals surface area contributed by atoms with E-state index in [9.17, 15) is 13.2 Å². The molecule has 1 heterocycles. The van der Waals surface area contributed by atoms with Gasteiger partial charge in [-0.25, -0.2) is 0 Å². The number of nitrogens with zero attached hydrogens (tertiary/aromatic N) is 2. The lowest BCUT2D eigenvalue weighted by Gasteiger charge is -2.37. The molecule has 0 radical (unpaired) electrons. The van der Waals surface area contributed by atoms with Gasteiger partial charge in [-0.1, -0.05) is 30.3 Å². The molecule has 1 aromatic rings. The molecule has 1 aliphatic heterocycles. The average Bonchev–Trinajstić information content (AvgIpc) is 2.45. The first kappa shape index (κ1) is 16.3. The second-order valence-electron chi connectivity index (χ2n) is 5.86. The van der Waals surface area contributed by atoms with Gasteiger partial charge >= 0.3 is 6.18 Å². The SMILES string of the molecule is CN1CCC(N(CCC(F)(F)F)Cc2ccccc2)CC1.